The summed E-state index contributed by atoms with van der Waals surface area (Å²) in [7, 11) is 0. The monoisotopic (exact) mass is 225 g/mol. The average Bonchev–Trinajstić information content (AvgIpc) is 2.27. The molecule has 1 amide bonds. The summed E-state index contributed by atoms with van der Waals surface area (Å²) in [6, 6.07) is 4.55. The molecule has 1 rings (SSSR count). The number of rotatable bonds is 5. The molecular formula is C12H16FNO2. The van der Waals surface area contributed by atoms with Crippen LogP contribution >= 0.6 is 0 Å². The van der Waals surface area contributed by atoms with E-state index in [-0.39, 0.29) is 18.3 Å². The maximum absolute atomic E-state index is 13.2. The van der Waals surface area contributed by atoms with Crippen LogP contribution in [-0.4, -0.2) is 19.1 Å². The molecule has 0 atom stereocenters. The van der Waals surface area contributed by atoms with Crippen LogP contribution < -0.4 is 10.1 Å². The number of benzene rings is 1. The van der Waals surface area contributed by atoms with Gasteiger partial charge in [0.25, 0.3) is 5.91 Å². The van der Waals surface area contributed by atoms with E-state index >= 15 is 0 Å². The lowest BCUT2D eigenvalue weighted by Crippen LogP contribution is -2.29. The van der Waals surface area contributed by atoms with E-state index in [4.69, 9.17) is 4.74 Å². The Hall–Kier alpha value is -1.58. The molecule has 0 fully saturated rings. The van der Waals surface area contributed by atoms with E-state index in [1.807, 2.05) is 13.8 Å². The van der Waals surface area contributed by atoms with Crippen LogP contribution in [-0.2, 0) is 4.79 Å². The zero-order valence-electron chi connectivity index (χ0n) is 9.55. The predicted molar refractivity (Wildman–Crippen MR) is 59.9 cm³/mol. The molecule has 0 saturated carbocycles. The smallest absolute Gasteiger partial charge is 0.257 e. The summed E-state index contributed by atoms with van der Waals surface area (Å²) in [6.07, 6.45) is 0.866. The second-order valence-electron chi connectivity index (χ2n) is 3.57. The van der Waals surface area contributed by atoms with Crippen molar-refractivity contribution in [3.8, 4) is 5.75 Å². The predicted octanol–water partition coefficient (Wildman–Crippen LogP) is 2.04. The van der Waals surface area contributed by atoms with Crippen LogP contribution in [0.1, 0.15) is 18.9 Å². The van der Waals surface area contributed by atoms with Crippen LogP contribution in [0.15, 0.2) is 18.2 Å². The van der Waals surface area contributed by atoms with E-state index in [0.29, 0.717) is 6.54 Å². The van der Waals surface area contributed by atoms with Gasteiger partial charge in [-0.25, -0.2) is 4.39 Å². The highest BCUT2D eigenvalue weighted by atomic mass is 19.1. The summed E-state index contributed by atoms with van der Waals surface area (Å²) >= 11 is 0. The van der Waals surface area contributed by atoms with Crippen LogP contribution in [0.2, 0.25) is 0 Å². The van der Waals surface area contributed by atoms with Gasteiger partial charge in [0.2, 0.25) is 0 Å². The third-order valence-corrected chi connectivity index (χ3v) is 2.02. The van der Waals surface area contributed by atoms with Crippen molar-refractivity contribution in [2.45, 2.75) is 20.3 Å². The quantitative estimate of drug-likeness (QED) is 0.832. The molecule has 1 aromatic rings. The Morgan fingerprint density at radius 2 is 2.25 bits per heavy atom. The van der Waals surface area contributed by atoms with E-state index in [2.05, 4.69) is 5.32 Å². The number of nitrogens with one attached hydrogen (secondary N) is 1. The Morgan fingerprint density at radius 3 is 2.94 bits per heavy atom. The Kier molecular flexibility index (Phi) is 4.76. The van der Waals surface area contributed by atoms with Gasteiger partial charge in [-0.2, -0.15) is 0 Å². The normalized spacial score (nSPS) is 9.94. The van der Waals surface area contributed by atoms with Crippen molar-refractivity contribution in [3.63, 3.8) is 0 Å². The highest BCUT2D eigenvalue weighted by molar-refractivity contribution is 5.77. The Balaban J connectivity index is 2.47. The van der Waals surface area contributed by atoms with Gasteiger partial charge in [-0.15, -0.1) is 0 Å². The number of carbonyl (C=O) groups excluding carboxylic acids is 1. The summed E-state index contributed by atoms with van der Waals surface area (Å²) in [5, 5.41) is 2.65. The second kappa shape index (κ2) is 6.10. The fraction of sp³-hybridized carbons (Fsp3) is 0.417. The zero-order valence-corrected chi connectivity index (χ0v) is 9.55. The van der Waals surface area contributed by atoms with Crippen molar-refractivity contribution in [3.05, 3.63) is 29.6 Å². The van der Waals surface area contributed by atoms with Gasteiger partial charge in [0.15, 0.2) is 18.2 Å². The van der Waals surface area contributed by atoms with Crippen LogP contribution in [0.5, 0.6) is 5.75 Å². The minimum absolute atomic E-state index is 0.117. The molecule has 0 heterocycles. The first-order valence-corrected chi connectivity index (χ1v) is 5.29. The van der Waals surface area contributed by atoms with Crippen molar-refractivity contribution in [2.24, 2.45) is 0 Å². The molecule has 1 aromatic carbocycles. The first-order chi connectivity index (χ1) is 7.63. The Labute approximate surface area is 94.6 Å². The number of hydrogen-bond donors (Lipinski definition) is 1. The van der Waals surface area contributed by atoms with Crippen LogP contribution in [0, 0.1) is 12.7 Å². The first kappa shape index (κ1) is 12.5. The van der Waals surface area contributed by atoms with Gasteiger partial charge in [-0.1, -0.05) is 13.0 Å². The Morgan fingerprint density at radius 1 is 1.50 bits per heavy atom. The van der Waals surface area contributed by atoms with Crippen molar-refractivity contribution in [1.82, 2.24) is 5.32 Å². The van der Waals surface area contributed by atoms with Crippen LogP contribution in [0.4, 0.5) is 4.39 Å². The maximum atomic E-state index is 13.2. The molecule has 0 saturated heterocycles. The Bertz CT molecular complexity index is 366. The minimum atomic E-state index is -0.450. The molecular weight excluding hydrogens is 209 g/mol. The SMILES string of the molecule is CCCNC(=O)COc1cc(C)ccc1F. The molecule has 0 aliphatic carbocycles. The van der Waals surface area contributed by atoms with Gasteiger partial charge in [0.05, 0.1) is 0 Å². The molecule has 1 N–H and O–H groups in total. The standard InChI is InChI=1S/C12H16FNO2/c1-3-6-14-12(15)8-16-11-7-9(2)4-5-10(11)13/h4-5,7H,3,6,8H2,1-2H3,(H,14,15). The van der Waals surface area contributed by atoms with E-state index in [0.717, 1.165) is 12.0 Å². The topological polar surface area (TPSA) is 38.3 Å². The van der Waals surface area contributed by atoms with Gasteiger partial charge in [-0.3, -0.25) is 4.79 Å². The van der Waals surface area contributed by atoms with Gasteiger partial charge < -0.3 is 10.1 Å². The van der Waals surface area contributed by atoms with Crippen LogP contribution in [0.3, 0.4) is 0 Å². The molecule has 16 heavy (non-hydrogen) atoms. The van der Waals surface area contributed by atoms with Gasteiger partial charge >= 0.3 is 0 Å². The lowest BCUT2D eigenvalue weighted by molar-refractivity contribution is -0.123. The van der Waals surface area contributed by atoms with E-state index in [1.165, 1.54) is 6.07 Å². The molecule has 4 heteroatoms. The highest BCUT2D eigenvalue weighted by Gasteiger charge is 2.06. The number of hydrogen-bond acceptors (Lipinski definition) is 2. The largest absolute Gasteiger partial charge is 0.481 e. The summed E-state index contributed by atoms with van der Waals surface area (Å²) < 4.78 is 18.3. The van der Waals surface area contributed by atoms with Gasteiger partial charge in [-0.05, 0) is 31.0 Å². The molecule has 0 aromatic heterocycles. The fourth-order valence-electron chi connectivity index (χ4n) is 1.18. The molecule has 0 spiro atoms. The summed E-state index contributed by atoms with van der Waals surface area (Å²) in [5.41, 5.74) is 0.894. The highest BCUT2D eigenvalue weighted by Crippen LogP contribution is 2.17. The number of amides is 1. The van der Waals surface area contributed by atoms with Gasteiger partial charge in [0, 0.05) is 6.54 Å². The minimum Gasteiger partial charge on any atom is -0.481 e. The number of aryl methyl sites for hydroxylation is 1. The molecule has 0 unspecified atom stereocenters. The number of ether oxygens (including phenoxy) is 1. The van der Waals surface area contributed by atoms with E-state index in [1.54, 1.807) is 12.1 Å². The second-order valence-corrected chi connectivity index (χ2v) is 3.57. The summed E-state index contributed by atoms with van der Waals surface area (Å²) in [5.74, 6) is -0.566. The molecule has 0 aliphatic rings. The average molecular weight is 225 g/mol. The molecule has 0 bridgehead atoms. The third-order valence-electron chi connectivity index (χ3n) is 2.02. The lowest BCUT2D eigenvalue weighted by Gasteiger charge is -2.08. The summed E-state index contributed by atoms with van der Waals surface area (Å²) in [4.78, 5) is 11.2. The molecule has 0 radical (unpaired) electrons. The number of halogens is 1. The van der Waals surface area contributed by atoms with Crippen molar-refractivity contribution in [1.29, 1.82) is 0 Å². The lowest BCUT2D eigenvalue weighted by atomic mass is 10.2. The molecule has 0 aliphatic heterocycles. The van der Waals surface area contributed by atoms with Crippen molar-refractivity contribution in [2.75, 3.05) is 13.2 Å². The van der Waals surface area contributed by atoms with Crippen molar-refractivity contribution < 1.29 is 13.9 Å². The molecule has 88 valence electrons. The van der Waals surface area contributed by atoms with E-state index < -0.39 is 5.82 Å². The summed E-state index contributed by atoms with van der Waals surface area (Å²) in [6.45, 7) is 4.25. The first-order valence-electron chi connectivity index (χ1n) is 5.29. The fourth-order valence-corrected chi connectivity index (χ4v) is 1.18. The zero-order chi connectivity index (χ0) is 12.0. The van der Waals surface area contributed by atoms with Crippen LogP contribution in [0.25, 0.3) is 0 Å². The van der Waals surface area contributed by atoms with E-state index in [9.17, 15) is 9.18 Å². The molecule has 3 nitrogen and oxygen atoms in total. The van der Waals surface area contributed by atoms with Gasteiger partial charge in [0.1, 0.15) is 0 Å². The third kappa shape index (κ3) is 3.88. The maximum Gasteiger partial charge on any atom is 0.257 e. The number of carbonyl (C=O) groups is 1. The van der Waals surface area contributed by atoms with Crippen molar-refractivity contribution >= 4 is 5.91 Å².